The Morgan fingerprint density at radius 1 is 1.17 bits per heavy atom. The maximum Gasteiger partial charge on any atom is 0.409 e. The van der Waals surface area contributed by atoms with Crippen LogP contribution >= 0.6 is 0 Å². The quantitative estimate of drug-likeness (QED) is 0.679. The minimum Gasteiger partial charge on any atom is -0.450 e. The summed E-state index contributed by atoms with van der Waals surface area (Å²) >= 11 is 0. The fourth-order valence-corrected chi connectivity index (χ4v) is 5.89. The number of halogens is 1. The lowest BCUT2D eigenvalue weighted by Gasteiger charge is -2.48. The van der Waals surface area contributed by atoms with Gasteiger partial charge in [-0.2, -0.15) is 0 Å². The van der Waals surface area contributed by atoms with Crippen LogP contribution in [0.15, 0.2) is 30.6 Å². The molecule has 2 aromatic rings. The Balaban J connectivity index is 1.21. The Morgan fingerprint density at radius 3 is 2.61 bits per heavy atom. The number of ether oxygens (including phenoxy) is 1. The van der Waals surface area contributed by atoms with Gasteiger partial charge in [0.2, 0.25) is 5.91 Å². The van der Waals surface area contributed by atoms with E-state index in [1.54, 1.807) is 18.3 Å². The normalized spacial score (nSPS) is 21.4. The van der Waals surface area contributed by atoms with Gasteiger partial charge in [0.05, 0.1) is 24.2 Å². The molecular formula is C26H33FN6O3. The van der Waals surface area contributed by atoms with E-state index in [9.17, 15) is 14.0 Å². The van der Waals surface area contributed by atoms with E-state index < -0.39 is 0 Å². The van der Waals surface area contributed by atoms with E-state index >= 15 is 0 Å². The number of nitrogens with one attached hydrogen (secondary N) is 1. The third kappa shape index (κ3) is 5.00. The van der Waals surface area contributed by atoms with Crippen LogP contribution in [0, 0.1) is 11.2 Å². The molecule has 9 nitrogen and oxygen atoms in total. The minimum atomic E-state index is -0.368. The van der Waals surface area contributed by atoms with Crippen molar-refractivity contribution in [2.45, 2.75) is 39.2 Å². The van der Waals surface area contributed by atoms with Gasteiger partial charge < -0.3 is 19.9 Å². The highest BCUT2D eigenvalue weighted by atomic mass is 19.1. The van der Waals surface area contributed by atoms with Crippen LogP contribution in [0.5, 0.6) is 0 Å². The number of anilines is 2. The highest BCUT2D eigenvalue weighted by Gasteiger charge is 2.51. The summed E-state index contributed by atoms with van der Waals surface area (Å²) in [6, 6.07) is 5.63. The highest BCUT2D eigenvalue weighted by molar-refractivity contribution is 5.87. The number of pyridine rings is 2. The van der Waals surface area contributed by atoms with E-state index in [0.29, 0.717) is 24.2 Å². The Labute approximate surface area is 210 Å². The smallest absolute Gasteiger partial charge is 0.409 e. The lowest BCUT2D eigenvalue weighted by atomic mass is 9.78. The third-order valence-corrected chi connectivity index (χ3v) is 7.60. The van der Waals surface area contributed by atoms with Gasteiger partial charge in [0, 0.05) is 75.5 Å². The van der Waals surface area contributed by atoms with Crippen molar-refractivity contribution in [3.05, 3.63) is 36.4 Å². The van der Waals surface area contributed by atoms with Gasteiger partial charge in [0.15, 0.2) is 0 Å². The van der Waals surface area contributed by atoms with Crippen LogP contribution in [0.25, 0.3) is 11.3 Å². The first-order chi connectivity index (χ1) is 17.4. The van der Waals surface area contributed by atoms with Crippen molar-refractivity contribution in [3.8, 4) is 11.3 Å². The van der Waals surface area contributed by atoms with Gasteiger partial charge in [-0.25, -0.2) is 14.2 Å². The zero-order chi connectivity index (χ0) is 25.3. The van der Waals surface area contributed by atoms with Crippen LogP contribution in [-0.2, 0) is 9.53 Å². The number of rotatable bonds is 5. The van der Waals surface area contributed by atoms with Crippen molar-refractivity contribution < 1.29 is 18.7 Å². The Bertz CT molecular complexity index is 1110. The van der Waals surface area contributed by atoms with Crippen LogP contribution in [0.3, 0.4) is 0 Å². The molecule has 1 atom stereocenters. The number of amides is 2. The molecule has 1 saturated carbocycles. The lowest BCUT2D eigenvalue weighted by molar-refractivity contribution is -0.114. The minimum absolute atomic E-state index is 0.185. The van der Waals surface area contributed by atoms with E-state index in [2.05, 4.69) is 25.1 Å². The predicted octanol–water partition coefficient (Wildman–Crippen LogP) is 3.37. The molecule has 1 aliphatic carbocycles. The molecule has 10 heteroatoms. The maximum atomic E-state index is 14.2. The van der Waals surface area contributed by atoms with Crippen molar-refractivity contribution in [1.29, 1.82) is 0 Å². The molecule has 2 aliphatic heterocycles. The van der Waals surface area contributed by atoms with Gasteiger partial charge in [0.1, 0.15) is 11.6 Å². The summed E-state index contributed by atoms with van der Waals surface area (Å²) in [7, 11) is 0. The van der Waals surface area contributed by atoms with E-state index in [4.69, 9.17) is 4.74 Å². The number of likely N-dealkylation sites (tertiary alicyclic amines) is 1. The molecule has 5 rings (SSSR count). The highest BCUT2D eigenvalue weighted by Crippen LogP contribution is 2.47. The van der Waals surface area contributed by atoms with Gasteiger partial charge >= 0.3 is 6.09 Å². The molecule has 2 saturated heterocycles. The second-order valence-electron chi connectivity index (χ2n) is 10.1. The fraction of sp³-hybridized carbons (Fsp3) is 0.538. The molecule has 0 radical (unpaired) electrons. The van der Waals surface area contributed by atoms with E-state index in [1.807, 2.05) is 17.9 Å². The zero-order valence-corrected chi connectivity index (χ0v) is 20.9. The first-order valence-electron chi connectivity index (χ1n) is 12.7. The largest absolute Gasteiger partial charge is 0.450 e. The molecule has 3 fully saturated rings. The third-order valence-electron chi connectivity index (χ3n) is 7.60. The molecule has 3 aliphatic rings. The van der Waals surface area contributed by atoms with E-state index in [1.165, 1.54) is 13.1 Å². The average Bonchev–Trinajstić information content (AvgIpc) is 3.30. The second kappa shape index (κ2) is 10.0. The Kier molecular flexibility index (Phi) is 6.79. The number of hydrogen-bond acceptors (Lipinski definition) is 7. The molecule has 36 heavy (non-hydrogen) atoms. The van der Waals surface area contributed by atoms with Crippen LogP contribution in [-0.4, -0.2) is 83.7 Å². The Morgan fingerprint density at radius 2 is 1.94 bits per heavy atom. The van der Waals surface area contributed by atoms with E-state index in [-0.39, 0.29) is 23.2 Å². The summed E-state index contributed by atoms with van der Waals surface area (Å²) in [6.07, 6.45) is 6.10. The van der Waals surface area contributed by atoms with Gasteiger partial charge in [-0.1, -0.05) is 0 Å². The van der Waals surface area contributed by atoms with Gasteiger partial charge in [-0.05, 0) is 38.3 Å². The topological polar surface area (TPSA) is 90.9 Å². The molecule has 4 heterocycles. The second-order valence-corrected chi connectivity index (χ2v) is 10.1. The number of carbonyl (C=O) groups excluding carboxylic acids is 2. The molecule has 1 N–H and O–H groups in total. The van der Waals surface area contributed by atoms with Crippen molar-refractivity contribution in [2.75, 3.05) is 56.1 Å². The number of nitrogens with zero attached hydrogens (tertiary/aromatic N) is 5. The number of piperazine rings is 1. The van der Waals surface area contributed by atoms with Crippen molar-refractivity contribution in [2.24, 2.45) is 5.41 Å². The van der Waals surface area contributed by atoms with Crippen LogP contribution in [0.2, 0.25) is 0 Å². The summed E-state index contributed by atoms with van der Waals surface area (Å²) in [5, 5.41) is 2.66. The monoisotopic (exact) mass is 496 g/mol. The van der Waals surface area contributed by atoms with E-state index in [0.717, 1.165) is 69.8 Å². The number of aromatic nitrogens is 2. The molecular weight excluding hydrogens is 463 g/mol. The van der Waals surface area contributed by atoms with Crippen LogP contribution in [0.1, 0.15) is 33.1 Å². The first kappa shape index (κ1) is 24.4. The van der Waals surface area contributed by atoms with Crippen LogP contribution < -0.4 is 10.2 Å². The SMILES string of the molecule is CCOC(=O)N1CC2(CC[C@@H](N3CCN(c4cc(F)cnc4-c4ccc(NC(C)=O)nc4)CC3)C2)C1. The summed E-state index contributed by atoms with van der Waals surface area (Å²) in [4.78, 5) is 38.5. The predicted molar refractivity (Wildman–Crippen MR) is 134 cm³/mol. The molecule has 1 spiro atoms. The Hall–Kier alpha value is -3.27. The fourth-order valence-electron chi connectivity index (χ4n) is 5.89. The number of carbonyl (C=O) groups is 2. The van der Waals surface area contributed by atoms with Gasteiger partial charge in [0.25, 0.3) is 0 Å². The molecule has 0 bridgehead atoms. The summed E-state index contributed by atoms with van der Waals surface area (Å²) < 4.78 is 19.4. The van der Waals surface area contributed by atoms with Crippen LogP contribution in [0.4, 0.5) is 20.7 Å². The molecule has 2 aromatic heterocycles. The standard InChI is InChI=1S/C26H33FN6O3/c1-3-36-25(35)33-16-26(17-33)7-6-21(13-26)31-8-10-32(11-9-31)22-12-20(27)15-29-24(22)19-4-5-23(28-14-19)30-18(2)34/h4-5,12,14-15,21H,3,6-11,13,16-17H2,1-2H3,(H,28,30,34)/t21-/m1/s1. The summed E-state index contributed by atoms with van der Waals surface area (Å²) in [5.74, 6) is -0.0851. The summed E-state index contributed by atoms with van der Waals surface area (Å²) in [5.41, 5.74) is 2.45. The zero-order valence-electron chi connectivity index (χ0n) is 20.9. The van der Waals surface area contributed by atoms with Gasteiger partial charge in [-0.15, -0.1) is 0 Å². The summed E-state index contributed by atoms with van der Waals surface area (Å²) in [6.45, 7) is 8.66. The first-order valence-corrected chi connectivity index (χ1v) is 12.7. The molecule has 2 amide bonds. The molecule has 0 aromatic carbocycles. The van der Waals surface area contributed by atoms with Gasteiger partial charge in [-0.3, -0.25) is 14.7 Å². The van der Waals surface area contributed by atoms with Crippen molar-refractivity contribution >= 4 is 23.5 Å². The number of hydrogen-bond donors (Lipinski definition) is 1. The average molecular weight is 497 g/mol. The maximum absolute atomic E-state index is 14.2. The van der Waals surface area contributed by atoms with Crippen molar-refractivity contribution in [1.82, 2.24) is 19.8 Å². The van der Waals surface area contributed by atoms with Crippen molar-refractivity contribution in [3.63, 3.8) is 0 Å². The molecule has 0 unspecified atom stereocenters. The molecule has 192 valence electrons. The lowest BCUT2D eigenvalue weighted by Crippen LogP contribution is -2.58.